The molecule has 1 amide bonds. The molecule has 0 saturated heterocycles. The van der Waals surface area contributed by atoms with Crippen molar-refractivity contribution < 1.29 is 17.9 Å². The van der Waals surface area contributed by atoms with Crippen LogP contribution in [0.15, 0.2) is 24.4 Å². The van der Waals surface area contributed by atoms with E-state index in [1.807, 2.05) is 24.6 Å². The van der Waals surface area contributed by atoms with Crippen LogP contribution < -0.4 is 15.4 Å². The third-order valence-electron chi connectivity index (χ3n) is 6.09. The first-order valence-electron chi connectivity index (χ1n) is 12.2. The number of anilines is 3. The molecule has 0 spiro atoms. The molecule has 2 aromatic heterocycles. The first kappa shape index (κ1) is 25.3. The third-order valence-corrected chi connectivity index (χ3v) is 7.96. The summed E-state index contributed by atoms with van der Waals surface area (Å²) in [7, 11) is -3.32. The van der Waals surface area contributed by atoms with Gasteiger partial charge >= 0.3 is 6.09 Å². The smallest absolute Gasteiger partial charge is 0.407 e. The van der Waals surface area contributed by atoms with Crippen LogP contribution in [0.3, 0.4) is 0 Å². The first-order chi connectivity index (χ1) is 16.4. The average Bonchev–Trinajstić information content (AvgIpc) is 3.38. The number of sulfonamides is 1. The molecule has 2 heterocycles. The summed E-state index contributed by atoms with van der Waals surface area (Å²) in [6, 6.07) is 5.52. The first-order valence-corrected chi connectivity index (χ1v) is 13.8. The lowest BCUT2D eigenvalue weighted by Gasteiger charge is -2.22. The van der Waals surface area contributed by atoms with Crippen LogP contribution in [-0.4, -0.2) is 46.7 Å². The Morgan fingerprint density at radius 2 is 1.91 bits per heavy atom. The standard InChI is InChI=1S/C24H36N6O4S/c1-15(2)26-23(31)34-18-8-6-16(12-18)20-13-22(30(28-20)24(3,4)5)27-21-11-7-17(14-25-21)29-35(32,33)19-9-10-19/h7,11,13-16,18-19,29H,6,8-10,12H2,1-5H3,(H,25,27)(H,26,31)/t16-,18+/m0/s1. The molecule has 2 aromatic rings. The van der Waals surface area contributed by atoms with E-state index in [0.717, 1.165) is 30.8 Å². The number of pyridine rings is 1. The molecule has 2 aliphatic rings. The second kappa shape index (κ2) is 9.67. The molecule has 4 rings (SSSR count). The molecule has 3 N–H and O–H groups in total. The average molecular weight is 505 g/mol. The molecular formula is C24H36N6O4S. The van der Waals surface area contributed by atoms with Crippen molar-refractivity contribution in [1.29, 1.82) is 0 Å². The van der Waals surface area contributed by atoms with Gasteiger partial charge in [0.25, 0.3) is 0 Å². The number of carbonyl (C=O) groups is 1. The van der Waals surface area contributed by atoms with Gasteiger partial charge in [0.2, 0.25) is 10.0 Å². The van der Waals surface area contributed by atoms with Crippen molar-refractivity contribution in [3.05, 3.63) is 30.1 Å². The molecule has 2 fully saturated rings. The monoisotopic (exact) mass is 504 g/mol. The maximum atomic E-state index is 12.2. The Balaban J connectivity index is 1.45. The molecule has 2 atom stereocenters. The van der Waals surface area contributed by atoms with Gasteiger partial charge in [0, 0.05) is 18.0 Å². The predicted molar refractivity (Wildman–Crippen MR) is 135 cm³/mol. The number of alkyl carbamates (subject to hydrolysis) is 1. The molecule has 2 aliphatic carbocycles. The van der Waals surface area contributed by atoms with Crippen molar-refractivity contribution in [2.24, 2.45) is 0 Å². The van der Waals surface area contributed by atoms with Crippen molar-refractivity contribution in [2.45, 2.75) is 95.6 Å². The van der Waals surface area contributed by atoms with E-state index in [1.54, 1.807) is 12.1 Å². The summed E-state index contributed by atoms with van der Waals surface area (Å²) in [6.07, 6.45) is 4.88. The fraction of sp³-hybridized carbons (Fsp3) is 0.625. The molecule has 11 heteroatoms. The molecular weight excluding hydrogens is 468 g/mol. The normalized spacial score (nSPS) is 20.6. The molecule has 0 radical (unpaired) electrons. The second-order valence-corrected chi connectivity index (χ2v) is 12.7. The molecule has 0 bridgehead atoms. The topological polar surface area (TPSA) is 127 Å². The van der Waals surface area contributed by atoms with Crippen LogP contribution in [-0.2, 0) is 20.3 Å². The molecule has 0 aromatic carbocycles. The summed E-state index contributed by atoms with van der Waals surface area (Å²) in [5, 5.41) is 10.7. The molecule has 192 valence electrons. The number of amides is 1. The molecule has 10 nitrogen and oxygen atoms in total. The highest BCUT2D eigenvalue weighted by atomic mass is 32.2. The van der Waals surface area contributed by atoms with Crippen LogP contribution in [0, 0.1) is 0 Å². The summed E-state index contributed by atoms with van der Waals surface area (Å²) in [5.41, 5.74) is 1.13. The largest absolute Gasteiger partial charge is 0.446 e. The highest BCUT2D eigenvalue weighted by molar-refractivity contribution is 7.93. The lowest BCUT2D eigenvalue weighted by Crippen LogP contribution is -2.33. The van der Waals surface area contributed by atoms with E-state index in [2.05, 4.69) is 41.1 Å². The zero-order valence-corrected chi connectivity index (χ0v) is 21.9. The lowest BCUT2D eigenvalue weighted by molar-refractivity contribution is 0.0981. The van der Waals surface area contributed by atoms with Gasteiger partial charge in [-0.15, -0.1) is 0 Å². The Labute approximate surface area is 207 Å². The Hall–Kier alpha value is -2.82. The van der Waals surface area contributed by atoms with Crippen molar-refractivity contribution in [3.8, 4) is 0 Å². The lowest BCUT2D eigenvalue weighted by atomic mass is 10.0. The second-order valence-electron chi connectivity index (χ2n) is 10.8. The number of rotatable bonds is 8. The Morgan fingerprint density at radius 3 is 2.51 bits per heavy atom. The highest BCUT2D eigenvalue weighted by Gasteiger charge is 2.36. The van der Waals surface area contributed by atoms with Crippen LogP contribution in [0.5, 0.6) is 0 Å². The summed E-state index contributed by atoms with van der Waals surface area (Å²) >= 11 is 0. The zero-order chi connectivity index (χ0) is 25.4. The van der Waals surface area contributed by atoms with E-state index >= 15 is 0 Å². The van der Waals surface area contributed by atoms with Crippen LogP contribution in [0.1, 0.15) is 78.3 Å². The van der Waals surface area contributed by atoms with E-state index in [1.165, 1.54) is 6.20 Å². The number of hydrogen-bond donors (Lipinski definition) is 3. The third kappa shape index (κ3) is 6.45. The minimum atomic E-state index is -3.32. The minimum Gasteiger partial charge on any atom is -0.446 e. The number of ether oxygens (including phenoxy) is 1. The van der Waals surface area contributed by atoms with E-state index in [9.17, 15) is 13.2 Å². The van der Waals surface area contributed by atoms with E-state index in [-0.39, 0.29) is 34.9 Å². The molecule has 0 unspecified atom stereocenters. The van der Waals surface area contributed by atoms with Crippen molar-refractivity contribution in [1.82, 2.24) is 20.1 Å². The van der Waals surface area contributed by atoms with Crippen LogP contribution in [0.25, 0.3) is 0 Å². The van der Waals surface area contributed by atoms with Crippen LogP contribution in [0.4, 0.5) is 22.1 Å². The number of aromatic nitrogens is 3. The predicted octanol–water partition coefficient (Wildman–Crippen LogP) is 4.45. The Kier molecular flexibility index (Phi) is 6.99. The number of nitrogens with one attached hydrogen (secondary N) is 3. The fourth-order valence-electron chi connectivity index (χ4n) is 4.22. The Bertz CT molecular complexity index is 1150. The molecule has 35 heavy (non-hydrogen) atoms. The van der Waals surface area contributed by atoms with Gasteiger partial charge in [-0.2, -0.15) is 5.10 Å². The summed E-state index contributed by atoms with van der Waals surface area (Å²) in [6.45, 7) is 10.0. The van der Waals surface area contributed by atoms with Gasteiger partial charge in [-0.05, 0) is 78.9 Å². The van der Waals surface area contributed by atoms with Crippen molar-refractivity contribution >= 4 is 33.4 Å². The van der Waals surface area contributed by atoms with E-state index in [4.69, 9.17) is 9.84 Å². The van der Waals surface area contributed by atoms with Gasteiger partial charge in [0.15, 0.2) is 0 Å². The SMILES string of the molecule is CC(C)NC(=O)O[C@@H]1CC[C@H](c2cc(Nc3ccc(NS(=O)(=O)C4CC4)cn3)n(C(C)(C)C)n2)C1. The van der Waals surface area contributed by atoms with Gasteiger partial charge in [-0.1, -0.05) is 0 Å². The minimum absolute atomic E-state index is 0.0388. The summed E-state index contributed by atoms with van der Waals surface area (Å²) in [5.74, 6) is 1.59. The van der Waals surface area contributed by atoms with E-state index in [0.29, 0.717) is 24.3 Å². The maximum Gasteiger partial charge on any atom is 0.407 e. The van der Waals surface area contributed by atoms with Gasteiger partial charge in [0.1, 0.15) is 17.7 Å². The van der Waals surface area contributed by atoms with Crippen molar-refractivity contribution in [2.75, 3.05) is 10.0 Å². The maximum absolute atomic E-state index is 12.2. The zero-order valence-electron chi connectivity index (χ0n) is 21.0. The number of nitrogens with zero attached hydrogens (tertiary/aromatic N) is 3. The number of carbonyl (C=O) groups excluding carboxylic acids is 1. The fourth-order valence-corrected chi connectivity index (χ4v) is 5.59. The van der Waals surface area contributed by atoms with Crippen LogP contribution >= 0.6 is 0 Å². The molecule has 0 aliphatic heterocycles. The van der Waals surface area contributed by atoms with Crippen molar-refractivity contribution in [3.63, 3.8) is 0 Å². The van der Waals surface area contributed by atoms with Gasteiger partial charge in [0.05, 0.1) is 28.4 Å². The van der Waals surface area contributed by atoms with Gasteiger partial charge in [-0.25, -0.2) is 22.9 Å². The van der Waals surface area contributed by atoms with Crippen LogP contribution in [0.2, 0.25) is 0 Å². The molecule has 2 saturated carbocycles. The summed E-state index contributed by atoms with van der Waals surface area (Å²) < 4.78 is 34.4. The van der Waals surface area contributed by atoms with Gasteiger partial charge < -0.3 is 15.4 Å². The highest BCUT2D eigenvalue weighted by Crippen LogP contribution is 2.38. The van der Waals surface area contributed by atoms with E-state index < -0.39 is 10.0 Å². The van der Waals surface area contributed by atoms with Gasteiger partial charge in [-0.3, -0.25) is 4.72 Å². The Morgan fingerprint density at radius 1 is 1.17 bits per heavy atom. The summed E-state index contributed by atoms with van der Waals surface area (Å²) in [4.78, 5) is 16.4. The quantitative estimate of drug-likeness (QED) is 0.484. The number of hydrogen-bond acceptors (Lipinski definition) is 7.